The van der Waals surface area contributed by atoms with Gasteiger partial charge in [-0.25, -0.2) is 0 Å². The minimum Gasteiger partial charge on any atom is -0.507 e. The molecule has 98 valence electrons. The van der Waals surface area contributed by atoms with Gasteiger partial charge in [0.25, 0.3) is 5.91 Å². The summed E-state index contributed by atoms with van der Waals surface area (Å²) >= 11 is 3.23. The summed E-state index contributed by atoms with van der Waals surface area (Å²) in [7, 11) is 0. The van der Waals surface area contributed by atoms with Crippen LogP contribution in [0.1, 0.15) is 15.9 Å². The second kappa shape index (κ2) is 5.32. The molecule has 0 fully saturated rings. The van der Waals surface area contributed by atoms with Gasteiger partial charge in [0.05, 0.1) is 5.56 Å². The van der Waals surface area contributed by atoms with Crippen LogP contribution in [0.3, 0.4) is 0 Å². The predicted molar refractivity (Wildman–Crippen MR) is 79.4 cm³/mol. The number of phenolic OH excluding ortho intramolecular Hbond substituents is 1. The molecule has 0 unspecified atom stereocenters. The summed E-state index contributed by atoms with van der Waals surface area (Å²) in [6, 6.07) is 9.95. The van der Waals surface area contributed by atoms with Crippen LogP contribution >= 0.6 is 15.9 Å². The Bertz CT molecular complexity index is 641. The summed E-state index contributed by atoms with van der Waals surface area (Å²) in [6.45, 7) is 1.85. The van der Waals surface area contributed by atoms with E-state index < -0.39 is 0 Å². The quantitative estimate of drug-likeness (QED) is 0.743. The monoisotopic (exact) mass is 320 g/mol. The topological polar surface area (TPSA) is 75.3 Å². The first kappa shape index (κ1) is 13.4. The summed E-state index contributed by atoms with van der Waals surface area (Å²) in [5.41, 5.74) is 8.05. The lowest BCUT2D eigenvalue weighted by Crippen LogP contribution is -2.13. The number of aromatic hydroxyl groups is 1. The van der Waals surface area contributed by atoms with Crippen molar-refractivity contribution in [3.63, 3.8) is 0 Å². The van der Waals surface area contributed by atoms with E-state index in [1.54, 1.807) is 30.3 Å². The fourth-order valence-corrected chi connectivity index (χ4v) is 2.06. The fourth-order valence-electron chi connectivity index (χ4n) is 1.71. The average Bonchev–Trinajstić information content (AvgIpc) is 2.32. The summed E-state index contributed by atoms with van der Waals surface area (Å²) in [5, 5.41) is 12.5. The van der Waals surface area contributed by atoms with Crippen molar-refractivity contribution in [2.45, 2.75) is 6.92 Å². The van der Waals surface area contributed by atoms with Gasteiger partial charge in [-0.2, -0.15) is 0 Å². The predicted octanol–water partition coefficient (Wildman–Crippen LogP) is 3.30. The maximum absolute atomic E-state index is 12.1. The zero-order valence-electron chi connectivity index (χ0n) is 10.3. The number of rotatable bonds is 2. The van der Waals surface area contributed by atoms with Crippen molar-refractivity contribution in [2.24, 2.45) is 0 Å². The van der Waals surface area contributed by atoms with Crippen LogP contribution in [0.25, 0.3) is 0 Å². The maximum atomic E-state index is 12.1. The van der Waals surface area contributed by atoms with Crippen molar-refractivity contribution in [3.05, 3.63) is 52.0 Å². The number of halogens is 1. The smallest absolute Gasteiger partial charge is 0.259 e. The Kier molecular flexibility index (Phi) is 3.76. The molecule has 0 aliphatic carbocycles. The fraction of sp³-hybridized carbons (Fsp3) is 0.0714. The molecule has 0 aliphatic heterocycles. The highest BCUT2D eigenvalue weighted by Crippen LogP contribution is 2.24. The standard InChI is InChI=1S/C14H13BrN2O2/c1-8-6-10(16)3-5-12(8)17-14(19)11-4-2-9(15)7-13(11)18/h2-7,18H,16H2,1H3,(H,17,19). The highest BCUT2D eigenvalue weighted by Gasteiger charge is 2.12. The van der Waals surface area contributed by atoms with Crippen LogP contribution in [-0.4, -0.2) is 11.0 Å². The number of carbonyl (C=O) groups excluding carboxylic acids is 1. The van der Waals surface area contributed by atoms with Gasteiger partial charge in [-0.1, -0.05) is 15.9 Å². The Balaban J connectivity index is 2.25. The van der Waals surface area contributed by atoms with Crippen LogP contribution in [0.15, 0.2) is 40.9 Å². The molecule has 0 heterocycles. The van der Waals surface area contributed by atoms with E-state index in [1.807, 2.05) is 6.92 Å². The third-order valence-electron chi connectivity index (χ3n) is 2.70. The van der Waals surface area contributed by atoms with Crippen molar-refractivity contribution in [3.8, 4) is 5.75 Å². The molecule has 0 bridgehead atoms. The van der Waals surface area contributed by atoms with Crippen molar-refractivity contribution in [1.29, 1.82) is 0 Å². The Hall–Kier alpha value is -2.01. The van der Waals surface area contributed by atoms with Gasteiger partial charge in [0.15, 0.2) is 0 Å². The van der Waals surface area contributed by atoms with Crippen molar-refractivity contribution < 1.29 is 9.90 Å². The molecule has 0 saturated heterocycles. The second-order valence-electron chi connectivity index (χ2n) is 4.19. The molecule has 5 heteroatoms. The van der Waals surface area contributed by atoms with Crippen LogP contribution in [0, 0.1) is 6.92 Å². The Morgan fingerprint density at radius 3 is 2.63 bits per heavy atom. The molecule has 4 nitrogen and oxygen atoms in total. The van der Waals surface area contributed by atoms with Gasteiger partial charge >= 0.3 is 0 Å². The number of benzene rings is 2. The molecule has 0 aromatic heterocycles. The lowest BCUT2D eigenvalue weighted by atomic mass is 10.1. The molecule has 19 heavy (non-hydrogen) atoms. The van der Waals surface area contributed by atoms with E-state index in [0.717, 1.165) is 5.56 Å². The van der Waals surface area contributed by atoms with E-state index in [1.165, 1.54) is 6.07 Å². The molecular weight excluding hydrogens is 308 g/mol. The summed E-state index contributed by atoms with van der Waals surface area (Å²) in [6.07, 6.45) is 0. The van der Waals surface area contributed by atoms with E-state index in [0.29, 0.717) is 15.8 Å². The molecule has 1 amide bonds. The number of nitrogens with two attached hydrogens (primary N) is 1. The normalized spacial score (nSPS) is 10.2. The van der Waals surface area contributed by atoms with Crippen LogP contribution in [0.2, 0.25) is 0 Å². The number of hydrogen-bond acceptors (Lipinski definition) is 3. The molecule has 2 aromatic carbocycles. The molecule has 0 atom stereocenters. The van der Waals surface area contributed by atoms with Crippen molar-refractivity contribution >= 4 is 33.2 Å². The first-order chi connectivity index (χ1) is 8.97. The first-order valence-electron chi connectivity index (χ1n) is 5.63. The van der Waals surface area contributed by atoms with E-state index in [4.69, 9.17) is 5.73 Å². The molecule has 4 N–H and O–H groups in total. The molecule has 0 aliphatic rings. The van der Waals surface area contributed by atoms with Crippen LogP contribution < -0.4 is 11.1 Å². The molecule has 0 spiro atoms. The van der Waals surface area contributed by atoms with Gasteiger partial charge < -0.3 is 16.2 Å². The molecule has 0 radical (unpaired) electrons. The van der Waals surface area contributed by atoms with Gasteiger partial charge in [-0.15, -0.1) is 0 Å². The molecule has 0 saturated carbocycles. The average molecular weight is 321 g/mol. The highest BCUT2D eigenvalue weighted by molar-refractivity contribution is 9.10. The highest BCUT2D eigenvalue weighted by atomic mass is 79.9. The molecular formula is C14H13BrN2O2. The van der Waals surface area contributed by atoms with Crippen LogP contribution in [0.5, 0.6) is 5.75 Å². The maximum Gasteiger partial charge on any atom is 0.259 e. The van der Waals surface area contributed by atoms with E-state index in [9.17, 15) is 9.90 Å². The van der Waals surface area contributed by atoms with E-state index in [2.05, 4.69) is 21.2 Å². The largest absolute Gasteiger partial charge is 0.507 e. The van der Waals surface area contributed by atoms with Crippen molar-refractivity contribution in [2.75, 3.05) is 11.1 Å². The zero-order valence-corrected chi connectivity index (χ0v) is 11.9. The van der Waals surface area contributed by atoms with Gasteiger partial charge in [0, 0.05) is 15.8 Å². The summed E-state index contributed by atoms with van der Waals surface area (Å²) in [4.78, 5) is 12.1. The summed E-state index contributed by atoms with van der Waals surface area (Å²) in [5.74, 6) is -0.433. The Morgan fingerprint density at radius 2 is 2.00 bits per heavy atom. The van der Waals surface area contributed by atoms with Crippen LogP contribution in [-0.2, 0) is 0 Å². The third-order valence-corrected chi connectivity index (χ3v) is 3.20. The number of nitrogens with one attached hydrogen (secondary N) is 1. The number of aryl methyl sites for hydroxylation is 1. The van der Waals surface area contributed by atoms with Crippen LogP contribution in [0.4, 0.5) is 11.4 Å². The van der Waals surface area contributed by atoms with Gasteiger partial charge in [-0.3, -0.25) is 4.79 Å². The Labute approximate surface area is 119 Å². The van der Waals surface area contributed by atoms with E-state index in [-0.39, 0.29) is 17.2 Å². The third kappa shape index (κ3) is 3.06. The number of hydrogen-bond donors (Lipinski definition) is 3. The van der Waals surface area contributed by atoms with Gasteiger partial charge in [0.2, 0.25) is 0 Å². The minimum atomic E-state index is -0.363. The molecule has 2 aromatic rings. The minimum absolute atomic E-state index is 0.0695. The SMILES string of the molecule is Cc1cc(N)ccc1NC(=O)c1ccc(Br)cc1O. The lowest BCUT2D eigenvalue weighted by Gasteiger charge is -2.10. The number of nitrogen functional groups attached to an aromatic ring is 1. The second-order valence-corrected chi connectivity index (χ2v) is 5.11. The van der Waals surface area contributed by atoms with Crippen molar-refractivity contribution in [1.82, 2.24) is 0 Å². The summed E-state index contributed by atoms with van der Waals surface area (Å²) < 4.78 is 0.713. The van der Waals surface area contributed by atoms with Gasteiger partial charge in [-0.05, 0) is 48.9 Å². The number of carbonyl (C=O) groups is 1. The number of anilines is 2. The number of amides is 1. The Morgan fingerprint density at radius 1 is 1.26 bits per heavy atom. The lowest BCUT2D eigenvalue weighted by molar-refractivity contribution is 0.102. The first-order valence-corrected chi connectivity index (χ1v) is 6.42. The molecule has 2 rings (SSSR count). The number of phenols is 1. The van der Waals surface area contributed by atoms with E-state index >= 15 is 0 Å². The zero-order chi connectivity index (χ0) is 14.0. The van der Waals surface area contributed by atoms with Gasteiger partial charge in [0.1, 0.15) is 5.75 Å².